The van der Waals surface area contributed by atoms with Gasteiger partial charge in [0.25, 0.3) is 0 Å². The normalized spacial score (nSPS) is 34.5. The van der Waals surface area contributed by atoms with Gasteiger partial charge in [0, 0.05) is 19.2 Å². The average Bonchev–Trinajstić information content (AvgIpc) is 2.38. The van der Waals surface area contributed by atoms with E-state index in [0.717, 1.165) is 38.8 Å². The fourth-order valence-electron chi connectivity index (χ4n) is 2.97. The summed E-state index contributed by atoms with van der Waals surface area (Å²) in [4.78, 5) is 11.4. The maximum atomic E-state index is 11.4. The predicted molar refractivity (Wildman–Crippen MR) is 66.5 cm³/mol. The lowest BCUT2D eigenvalue weighted by molar-refractivity contribution is -0.123. The molecule has 0 radical (unpaired) electrons. The highest BCUT2D eigenvalue weighted by molar-refractivity contribution is 5.77. The van der Waals surface area contributed by atoms with Gasteiger partial charge in [-0.05, 0) is 32.1 Å². The molecule has 0 spiro atoms. The molecule has 4 heteroatoms. The molecule has 0 aromatic rings. The Kier molecular flexibility index (Phi) is 4.80. The molecule has 1 heterocycles. The number of nitrogens with two attached hydrogens (primary N) is 1. The average molecular weight is 240 g/mol. The van der Waals surface area contributed by atoms with Gasteiger partial charge in [-0.2, -0.15) is 0 Å². The van der Waals surface area contributed by atoms with E-state index < -0.39 is 0 Å². The number of rotatable bonds is 4. The van der Waals surface area contributed by atoms with E-state index in [1.54, 1.807) is 0 Å². The standard InChI is InChI=1S/C13H24N2O2/c14-13(16)11-6-1-2-7-12(11)15-9-10-5-3-4-8-17-10/h10-12,15H,1-9H2,(H2,14,16)/t10-,11-,12+/m1/s1. The maximum Gasteiger partial charge on any atom is 0.222 e. The lowest BCUT2D eigenvalue weighted by atomic mass is 9.84. The molecule has 0 aromatic heterocycles. The summed E-state index contributed by atoms with van der Waals surface area (Å²) in [6.07, 6.45) is 8.26. The van der Waals surface area contributed by atoms with Crippen LogP contribution in [-0.4, -0.2) is 31.2 Å². The molecule has 4 nitrogen and oxygen atoms in total. The molecule has 2 aliphatic rings. The summed E-state index contributed by atoms with van der Waals surface area (Å²) >= 11 is 0. The first-order chi connectivity index (χ1) is 8.27. The predicted octanol–water partition coefficient (Wildman–Crippen LogP) is 1.19. The minimum atomic E-state index is -0.147. The van der Waals surface area contributed by atoms with Crippen LogP contribution >= 0.6 is 0 Å². The topological polar surface area (TPSA) is 64.4 Å². The molecule has 17 heavy (non-hydrogen) atoms. The highest BCUT2D eigenvalue weighted by Gasteiger charge is 2.29. The Balaban J connectivity index is 1.77. The van der Waals surface area contributed by atoms with Crippen LogP contribution in [0.2, 0.25) is 0 Å². The Hall–Kier alpha value is -0.610. The fourth-order valence-corrected chi connectivity index (χ4v) is 2.97. The van der Waals surface area contributed by atoms with Crippen molar-refractivity contribution in [3.8, 4) is 0 Å². The molecule has 0 aromatic carbocycles. The number of hydrogen-bond acceptors (Lipinski definition) is 3. The SMILES string of the molecule is NC(=O)[C@@H]1CCCC[C@@H]1NC[C@H]1CCCCO1. The zero-order valence-corrected chi connectivity index (χ0v) is 10.5. The first kappa shape index (κ1) is 12.8. The third-order valence-electron chi connectivity index (χ3n) is 4.01. The molecular formula is C13H24N2O2. The van der Waals surface area contributed by atoms with Gasteiger partial charge >= 0.3 is 0 Å². The Morgan fingerprint density at radius 3 is 2.65 bits per heavy atom. The number of ether oxygens (including phenoxy) is 1. The van der Waals surface area contributed by atoms with Gasteiger partial charge in [-0.3, -0.25) is 4.79 Å². The molecular weight excluding hydrogens is 216 g/mol. The summed E-state index contributed by atoms with van der Waals surface area (Å²) in [5.41, 5.74) is 5.46. The van der Waals surface area contributed by atoms with E-state index in [1.807, 2.05) is 0 Å². The highest BCUT2D eigenvalue weighted by Crippen LogP contribution is 2.24. The number of carbonyl (C=O) groups excluding carboxylic acids is 1. The molecule has 0 bridgehead atoms. The number of nitrogens with one attached hydrogen (secondary N) is 1. The molecule has 0 unspecified atom stereocenters. The zero-order chi connectivity index (χ0) is 12.1. The van der Waals surface area contributed by atoms with Crippen LogP contribution in [-0.2, 0) is 9.53 Å². The van der Waals surface area contributed by atoms with Crippen molar-refractivity contribution in [1.29, 1.82) is 0 Å². The number of primary amides is 1. The van der Waals surface area contributed by atoms with Crippen molar-refractivity contribution in [2.45, 2.75) is 57.1 Å². The summed E-state index contributed by atoms with van der Waals surface area (Å²) in [6.45, 7) is 1.75. The minimum Gasteiger partial charge on any atom is -0.377 e. The third kappa shape index (κ3) is 3.68. The van der Waals surface area contributed by atoms with Crippen molar-refractivity contribution in [2.24, 2.45) is 11.7 Å². The van der Waals surface area contributed by atoms with Crippen LogP contribution < -0.4 is 11.1 Å². The van der Waals surface area contributed by atoms with E-state index in [9.17, 15) is 4.79 Å². The molecule has 1 saturated heterocycles. The van der Waals surface area contributed by atoms with Gasteiger partial charge in [0.15, 0.2) is 0 Å². The van der Waals surface area contributed by atoms with E-state index in [1.165, 1.54) is 19.3 Å². The van der Waals surface area contributed by atoms with Gasteiger partial charge in [0.05, 0.1) is 12.0 Å². The second-order valence-corrected chi connectivity index (χ2v) is 5.30. The summed E-state index contributed by atoms with van der Waals surface area (Å²) in [7, 11) is 0. The van der Waals surface area contributed by atoms with Crippen molar-refractivity contribution < 1.29 is 9.53 Å². The molecule has 3 atom stereocenters. The van der Waals surface area contributed by atoms with Crippen LogP contribution in [0.3, 0.4) is 0 Å². The second kappa shape index (κ2) is 6.36. The number of amides is 1. The largest absolute Gasteiger partial charge is 0.377 e. The van der Waals surface area contributed by atoms with Crippen LogP contribution in [0.5, 0.6) is 0 Å². The quantitative estimate of drug-likeness (QED) is 0.776. The first-order valence-electron chi connectivity index (χ1n) is 6.91. The Morgan fingerprint density at radius 1 is 1.18 bits per heavy atom. The van der Waals surface area contributed by atoms with Crippen LogP contribution in [0.15, 0.2) is 0 Å². The summed E-state index contributed by atoms with van der Waals surface area (Å²) < 4.78 is 5.69. The van der Waals surface area contributed by atoms with E-state index in [2.05, 4.69) is 5.32 Å². The van der Waals surface area contributed by atoms with E-state index in [-0.39, 0.29) is 17.9 Å². The monoisotopic (exact) mass is 240 g/mol. The lowest BCUT2D eigenvalue weighted by Gasteiger charge is -2.32. The number of hydrogen-bond donors (Lipinski definition) is 2. The van der Waals surface area contributed by atoms with Gasteiger partial charge < -0.3 is 15.8 Å². The smallest absolute Gasteiger partial charge is 0.222 e. The summed E-state index contributed by atoms with van der Waals surface area (Å²) in [5, 5.41) is 3.50. The molecule has 2 fully saturated rings. The van der Waals surface area contributed by atoms with Crippen LogP contribution in [0.1, 0.15) is 44.9 Å². The van der Waals surface area contributed by atoms with Gasteiger partial charge in [-0.1, -0.05) is 12.8 Å². The lowest BCUT2D eigenvalue weighted by Crippen LogP contribution is -2.47. The fraction of sp³-hybridized carbons (Fsp3) is 0.923. The second-order valence-electron chi connectivity index (χ2n) is 5.30. The van der Waals surface area contributed by atoms with Gasteiger partial charge in [0.2, 0.25) is 5.91 Å². The molecule has 1 amide bonds. The summed E-state index contributed by atoms with van der Waals surface area (Å²) in [6, 6.07) is 0.270. The van der Waals surface area contributed by atoms with Gasteiger partial charge in [0.1, 0.15) is 0 Å². The maximum absolute atomic E-state index is 11.4. The van der Waals surface area contributed by atoms with E-state index >= 15 is 0 Å². The summed E-state index contributed by atoms with van der Waals surface area (Å²) in [5.74, 6) is -0.126. The first-order valence-corrected chi connectivity index (χ1v) is 6.91. The third-order valence-corrected chi connectivity index (χ3v) is 4.01. The molecule has 1 saturated carbocycles. The molecule has 2 rings (SSSR count). The zero-order valence-electron chi connectivity index (χ0n) is 10.5. The van der Waals surface area contributed by atoms with Gasteiger partial charge in [-0.15, -0.1) is 0 Å². The van der Waals surface area contributed by atoms with Crippen LogP contribution in [0, 0.1) is 5.92 Å². The minimum absolute atomic E-state index is 0.0207. The molecule has 1 aliphatic carbocycles. The number of carbonyl (C=O) groups is 1. The molecule has 3 N–H and O–H groups in total. The van der Waals surface area contributed by atoms with Crippen molar-refractivity contribution >= 4 is 5.91 Å². The van der Waals surface area contributed by atoms with Crippen molar-refractivity contribution in [3.63, 3.8) is 0 Å². The Labute approximate surface area is 103 Å². The Bertz CT molecular complexity index is 252. The molecule has 1 aliphatic heterocycles. The molecule has 98 valence electrons. The van der Waals surface area contributed by atoms with E-state index in [0.29, 0.717) is 6.10 Å². The van der Waals surface area contributed by atoms with Gasteiger partial charge in [-0.25, -0.2) is 0 Å². The van der Waals surface area contributed by atoms with E-state index in [4.69, 9.17) is 10.5 Å². The van der Waals surface area contributed by atoms with Crippen LogP contribution in [0.25, 0.3) is 0 Å². The van der Waals surface area contributed by atoms with Crippen molar-refractivity contribution in [1.82, 2.24) is 5.32 Å². The van der Waals surface area contributed by atoms with Crippen molar-refractivity contribution in [2.75, 3.05) is 13.2 Å². The highest BCUT2D eigenvalue weighted by atomic mass is 16.5. The Morgan fingerprint density at radius 2 is 1.94 bits per heavy atom. The van der Waals surface area contributed by atoms with Crippen molar-refractivity contribution in [3.05, 3.63) is 0 Å². The van der Waals surface area contributed by atoms with Crippen LogP contribution in [0.4, 0.5) is 0 Å².